The van der Waals surface area contributed by atoms with Crippen molar-refractivity contribution in [2.24, 2.45) is 0 Å². The molecule has 3 aliphatic rings. The van der Waals surface area contributed by atoms with E-state index in [4.69, 9.17) is 16.1 Å². The molecule has 1 amide bonds. The van der Waals surface area contributed by atoms with E-state index in [0.717, 1.165) is 25.5 Å². The summed E-state index contributed by atoms with van der Waals surface area (Å²) in [5, 5.41) is 1.24. The molecule has 0 aliphatic carbocycles. The third-order valence-corrected chi connectivity index (χ3v) is 10.5. The molecule has 3 fully saturated rings. The number of benzene rings is 2. The maximum Gasteiger partial charge on any atom is 0.319 e. The van der Waals surface area contributed by atoms with E-state index in [1.54, 1.807) is 42.5 Å². The number of rotatable bonds is 7. The summed E-state index contributed by atoms with van der Waals surface area (Å²) in [6, 6.07) is 12.9. The maximum atomic E-state index is 16.9. The van der Waals surface area contributed by atoms with Crippen LogP contribution in [0, 0.1) is 24.0 Å². The number of ether oxygens (including phenoxy) is 1. The van der Waals surface area contributed by atoms with Gasteiger partial charge in [-0.25, -0.2) is 17.6 Å². The average molecular weight is 722 g/mol. The zero-order valence-electron chi connectivity index (χ0n) is 28.7. The third kappa shape index (κ3) is 6.41. The highest BCUT2D eigenvalue weighted by atomic mass is 19.1. The Morgan fingerprint density at radius 3 is 2.74 bits per heavy atom. The fourth-order valence-corrected chi connectivity index (χ4v) is 7.99. The predicted molar refractivity (Wildman–Crippen MR) is 193 cm³/mol. The minimum absolute atomic E-state index is 0.00937. The lowest BCUT2D eigenvalue weighted by molar-refractivity contribution is -0.128. The molecule has 6 heterocycles. The van der Waals surface area contributed by atoms with Crippen LogP contribution in [0.2, 0.25) is 0 Å². The average Bonchev–Trinajstić information content (AvgIpc) is 3.58. The Labute approximate surface area is 303 Å². The number of aromatic nitrogens is 4. The van der Waals surface area contributed by atoms with Crippen LogP contribution in [-0.4, -0.2) is 93.2 Å². The van der Waals surface area contributed by atoms with Crippen LogP contribution in [0.25, 0.3) is 39.0 Å². The number of hydrogen-bond acceptors (Lipinski definition) is 8. The lowest BCUT2D eigenvalue weighted by Crippen LogP contribution is -2.43. The molecule has 5 aromatic rings. The Balaban J connectivity index is 1.17. The first-order valence-corrected chi connectivity index (χ1v) is 17.6. The van der Waals surface area contributed by atoms with Gasteiger partial charge in [-0.2, -0.15) is 9.97 Å². The summed E-state index contributed by atoms with van der Waals surface area (Å²) < 4.78 is 67.7. The van der Waals surface area contributed by atoms with Crippen LogP contribution in [0.15, 0.2) is 66.8 Å². The number of pyridine rings is 2. The van der Waals surface area contributed by atoms with Crippen LogP contribution in [0.3, 0.4) is 0 Å². The second kappa shape index (κ2) is 14.1. The molecule has 270 valence electrons. The number of nitrogens with zero attached hydrogens (tertiary/aromatic N) is 7. The Morgan fingerprint density at radius 1 is 1.02 bits per heavy atom. The molecule has 3 aromatic heterocycles. The molecule has 0 saturated carbocycles. The van der Waals surface area contributed by atoms with E-state index in [9.17, 15) is 13.6 Å². The quantitative estimate of drug-likeness (QED) is 0.107. The second-order valence-corrected chi connectivity index (χ2v) is 13.7. The molecule has 53 heavy (non-hydrogen) atoms. The number of carbonyl (C=O) groups excluding carboxylic acids is 1. The lowest BCUT2D eigenvalue weighted by atomic mass is 9.95. The van der Waals surface area contributed by atoms with Crippen molar-refractivity contribution in [3.63, 3.8) is 0 Å². The number of anilines is 1. The molecule has 3 aliphatic heterocycles. The maximum absolute atomic E-state index is 16.9. The Hall–Kier alpha value is -5.61. The van der Waals surface area contributed by atoms with Gasteiger partial charge in [-0.15, -0.1) is 6.42 Å². The van der Waals surface area contributed by atoms with Crippen molar-refractivity contribution >= 4 is 39.5 Å². The van der Waals surface area contributed by atoms with Gasteiger partial charge in [0, 0.05) is 68.6 Å². The molecular weight excluding hydrogens is 686 g/mol. The van der Waals surface area contributed by atoms with Gasteiger partial charge < -0.3 is 14.5 Å². The Kier molecular flexibility index (Phi) is 9.16. The number of carbonyl (C=O) groups is 1. The first kappa shape index (κ1) is 34.5. The molecule has 1 unspecified atom stereocenters. The highest BCUT2D eigenvalue weighted by Gasteiger charge is 2.49. The van der Waals surface area contributed by atoms with Gasteiger partial charge in [0.15, 0.2) is 11.6 Å². The summed E-state index contributed by atoms with van der Waals surface area (Å²) in [6.45, 7) is 2.30. The first-order valence-electron chi connectivity index (χ1n) is 17.6. The second-order valence-electron chi connectivity index (χ2n) is 13.7. The van der Waals surface area contributed by atoms with Crippen molar-refractivity contribution in [1.29, 1.82) is 0 Å². The normalized spacial score (nSPS) is 20.8. The molecule has 0 spiro atoms. The van der Waals surface area contributed by atoms with E-state index in [1.807, 2.05) is 4.90 Å². The molecule has 0 bridgehead atoms. The number of fused-ring (bicyclic) bond motifs is 3. The van der Waals surface area contributed by atoms with Crippen LogP contribution in [-0.2, 0) is 4.79 Å². The van der Waals surface area contributed by atoms with Crippen molar-refractivity contribution in [1.82, 2.24) is 29.7 Å². The van der Waals surface area contributed by atoms with Gasteiger partial charge in [0.05, 0.1) is 22.2 Å². The van der Waals surface area contributed by atoms with Crippen LogP contribution in [0.5, 0.6) is 6.01 Å². The van der Waals surface area contributed by atoms with Gasteiger partial charge in [-0.05, 0) is 49.4 Å². The van der Waals surface area contributed by atoms with Gasteiger partial charge in [-0.1, -0.05) is 36.3 Å². The van der Waals surface area contributed by atoms with Crippen LogP contribution in [0.1, 0.15) is 36.9 Å². The van der Waals surface area contributed by atoms with E-state index in [-0.39, 0.29) is 54.4 Å². The van der Waals surface area contributed by atoms with Crippen molar-refractivity contribution in [3.8, 4) is 29.6 Å². The minimum Gasteiger partial charge on any atom is -0.461 e. The SMILES string of the molecule is C#Cc1c(F)ccc2cccc(-c3ncc4c(N5CCCN(C(=O)/C(F)=C/c6ccccn6)CC5)nc(OC[C@@]56CCCN5CC(F)C6)nc4c3F)c12. The fraction of sp³-hybridized carbons (Fsp3) is 0.325. The standard InChI is InChI=1S/C40H35F4N7O2/c1-2-28-31(42)12-11-25-8-5-10-29(33(25)28)35-34(44)36-30(22-46-35)37(48-39(47-36)53-24-40-13-6-17-51(40)23-26(41)21-40)49-15-7-16-50(19-18-49)38(52)32(43)20-27-9-3-4-14-45-27/h1,3-5,8-12,14,20,22,26H,6-7,13,15-19,21,23-24H2/b32-20-/t26?,40-/m0/s1. The molecule has 8 rings (SSSR count). The van der Waals surface area contributed by atoms with Gasteiger partial charge in [-0.3, -0.25) is 19.7 Å². The zero-order chi connectivity index (χ0) is 36.7. The molecule has 3 saturated heterocycles. The van der Waals surface area contributed by atoms with Crippen LogP contribution >= 0.6 is 0 Å². The minimum atomic E-state index is -0.970. The van der Waals surface area contributed by atoms with Crippen LogP contribution in [0.4, 0.5) is 23.4 Å². The molecular formula is C40H35F4N7O2. The third-order valence-electron chi connectivity index (χ3n) is 10.5. The van der Waals surface area contributed by atoms with Gasteiger partial charge in [0.1, 0.15) is 35.6 Å². The summed E-state index contributed by atoms with van der Waals surface area (Å²) >= 11 is 0. The van der Waals surface area contributed by atoms with Gasteiger partial charge in [0.25, 0.3) is 5.91 Å². The molecule has 2 aromatic carbocycles. The molecule has 2 atom stereocenters. The summed E-state index contributed by atoms with van der Waals surface area (Å²) in [5.74, 6) is -0.356. The Bertz CT molecular complexity index is 2300. The monoisotopic (exact) mass is 721 g/mol. The zero-order valence-corrected chi connectivity index (χ0v) is 28.7. The smallest absolute Gasteiger partial charge is 0.319 e. The highest BCUT2D eigenvalue weighted by molar-refractivity contribution is 6.02. The van der Waals surface area contributed by atoms with Crippen LogP contribution < -0.4 is 9.64 Å². The van der Waals surface area contributed by atoms with Crippen molar-refractivity contribution in [2.75, 3.05) is 50.8 Å². The van der Waals surface area contributed by atoms with Crippen molar-refractivity contribution < 1.29 is 27.1 Å². The van der Waals surface area contributed by atoms with E-state index in [2.05, 4.69) is 25.8 Å². The number of terminal acetylenes is 1. The van der Waals surface area contributed by atoms with E-state index in [0.29, 0.717) is 53.8 Å². The summed E-state index contributed by atoms with van der Waals surface area (Å²) in [4.78, 5) is 36.4. The Morgan fingerprint density at radius 2 is 1.91 bits per heavy atom. The van der Waals surface area contributed by atoms with Gasteiger partial charge >= 0.3 is 6.01 Å². The molecule has 0 radical (unpaired) electrons. The first-order chi connectivity index (χ1) is 25.7. The van der Waals surface area contributed by atoms with E-state index >= 15 is 8.78 Å². The lowest BCUT2D eigenvalue weighted by Gasteiger charge is -2.31. The highest BCUT2D eigenvalue weighted by Crippen LogP contribution is 2.41. The summed E-state index contributed by atoms with van der Waals surface area (Å²) in [5.41, 5.74) is -0.0582. The molecule has 13 heteroatoms. The topological polar surface area (TPSA) is 87.6 Å². The summed E-state index contributed by atoms with van der Waals surface area (Å²) in [7, 11) is 0. The van der Waals surface area contributed by atoms with Crippen molar-refractivity contribution in [2.45, 2.75) is 37.4 Å². The van der Waals surface area contributed by atoms with Gasteiger partial charge in [0.2, 0.25) is 0 Å². The largest absolute Gasteiger partial charge is 0.461 e. The number of halogens is 4. The number of amides is 1. The predicted octanol–water partition coefficient (Wildman–Crippen LogP) is 6.50. The van der Waals surface area contributed by atoms with E-state index in [1.165, 1.54) is 23.4 Å². The summed E-state index contributed by atoms with van der Waals surface area (Å²) in [6.07, 6.45) is 11.3. The number of hydrogen-bond donors (Lipinski definition) is 0. The molecule has 0 N–H and O–H groups in total. The van der Waals surface area contributed by atoms with E-state index < -0.39 is 35.1 Å². The fourth-order valence-electron chi connectivity index (χ4n) is 7.99. The number of alkyl halides is 1. The van der Waals surface area contributed by atoms with Crippen molar-refractivity contribution in [3.05, 3.63) is 89.6 Å². The molecule has 9 nitrogen and oxygen atoms in total.